The van der Waals surface area contributed by atoms with Crippen molar-refractivity contribution in [3.8, 4) is 5.82 Å². The molecule has 0 amide bonds. The number of rotatable bonds is 4. The van der Waals surface area contributed by atoms with Gasteiger partial charge in [-0.3, -0.25) is 4.79 Å². The number of anilines is 2. The van der Waals surface area contributed by atoms with Crippen molar-refractivity contribution in [3.05, 3.63) is 64.0 Å². The molecule has 1 aromatic carbocycles. The van der Waals surface area contributed by atoms with Crippen LogP contribution in [0.5, 0.6) is 0 Å². The molecule has 0 spiro atoms. The zero-order valence-electron chi connectivity index (χ0n) is 19.7. The zero-order valence-corrected chi connectivity index (χ0v) is 19.7. The van der Waals surface area contributed by atoms with Crippen molar-refractivity contribution in [1.29, 1.82) is 0 Å². The van der Waals surface area contributed by atoms with Crippen LogP contribution in [0.3, 0.4) is 0 Å². The molecule has 9 heteroatoms. The lowest BCUT2D eigenvalue weighted by Crippen LogP contribution is -2.23. The van der Waals surface area contributed by atoms with Gasteiger partial charge >= 0.3 is 0 Å². The first-order valence-electron chi connectivity index (χ1n) is 11.8. The highest BCUT2D eigenvalue weighted by Gasteiger charge is 2.31. The third-order valence-electron chi connectivity index (χ3n) is 6.39. The summed E-state index contributed by atoms with van der Waals surface area (Å²) in [5.41, 5.74) is 3.84. The number of nitrogens with one attached hydrogen (secondary N) is 2. The van der Waals surface area contributed by atoms with Crippen LogP contribution in [0.15, 0.2) is 41.5 Å². The topological polar surface area (TPSA) is 103 Å². The Morgan fingerprint density at radius 1 is 1.09 bits per heavy atom. The van der Waals surface area contributed by atoms with E-state index in [4.69, 9.17) is 9.97 Å². The summed E-state index contributed by atoms with van der Waals surface area (Å²) >= 11 is 0. The second-order valence-electron chi connectivity index (χ2n) is 10.1. The summed E-state index contributed by atoms with van der Waals surface area (Å²) < 4.78 is 3.63. The van der Waals surface area contributed by atoms with E-state index < -0.39 is 0 Å². The molecule has 0 unspecified atom stereocenters. The molecule has 1 aliphatic heterocycles. The Hall–Kier alpha value is -3.59. The first-order valence-corrected chi connectivity index (χ1v) is 11.8. The van der Waals surface area contributed by atoms with Gasteiger partial charge in [0.25, 0.3) is 5.56 Å². The highest BCUT2D eigenvalue weighted by molar-refractivity contribution is 5.77. The molecule has 0 bridgehead atoms. The molecule has 0 radical (unpaired) electrons. The number of aromatic nitrogens is 6. The summed E-state index contributed by atoms with van der Waals surface area (Å²) in [6.07, 6.45) is 6.31. The average molecular weight is 457 g/mol. The van der Waals surface area contributed by atoms with E-state index in [1.165, 1.54) is 11.1 Å². The van der Waals surface area contributed by atoms with Crippen LogP contribution >= 0.6 is 0 Å². The molecule has 3 aromatic heterocycles. The maximum atomic E-state index is 13.3. The average Bonchev–Trinajstić information content (AvgIpc) is 3.62. The molecule has 2 N–H and O–H groups in total. The monoisotopic (exact) mass is 456 g/mol. The summed E-state index contributed by atoms with van der Waals surface area (Å²) in [6, 6.07) is 8.32. The number of hydrogen-bond acceptors (Lipinski definition) is 7. The Morgan fingerprint density at radius 2 is 1.94 bits per heavy atom. The van der Waals surface area contributed by atoms with Crippen LogP contribution in [0.25, 0.3) is 16.9 Å². The maximum absolute atomic E-state index is 13.3. The summed E-state index contributed by atoms with van der Waals surface area (Å²) in [7, 11) is 0. The fourth-order valence-corrected chi connectivity index (χ4v) is 4.44. The number of nitrogens with zero attached hydrogens (tertiary/aromatic N) is 6. The maximum Gasteiger partial charge on any atom is 0.278 e. The highest BCUT2D eigenvalue weighted by atomic mass is 16.1. The predicted octanol–water partition coefficient (Wildman–Crippen LogP) is 3.39. The van der Waals surface area contributed by atoms with E-state index in [2.05, 4.69) is 53.5 Å². The number of hydrogen-bond donors (Lipinski definition) is 2. The van der Waals surface area contributed by atoms with Crippen LogP contribution in [0, 0.1) is 0 Å². The van der Waals surface area contributed by atoms with Crippen LogP contribution in [-0.2, 0) is 18.4 Å². The van der Waals surface area contributed by atoms with Gasteiger partial charge < -0.3 is 10.6 Å². The van der Waals surface area contributed by atoms with Crippen molar-refractivity contribution in [2.45, 2.75) is 58.0 Å². The minimum atomic E-state index is -0.215. The van der Waals surface area contributed by atoms with Gasteiger partial charge in [-0.1, -0.05) is 26.8 Å². The van der Waals surface area contributed by atoms with Crippen LogP contribution < -0.4 is 16.2 Å². The van der Waals surface area contributed by atoms with Crippen LogP contribution in [0.1, 0.15) is 56.6 Å². The van der Waals surface area contributed by atoms with Crippen molar-refractivity contribution in [1.82, 2.24) is 34.6 Å². The molecule has 0 saturated heterocycles. The first-order chi connectivity index (χ1) is 16.4. The lowest BCUT2D eigenvalue weighted by atomic mass is 9.96. The Kier molecular flexibility index (Phi) is 4.77. The Labute approximate surface area is 197 Å². The van der Waals surface area contributed by atoms with Crippen LogP contribution in [-0.4, -0.2) is 35.8 Å². The zero-order chi connectivity index (χ0) is 23.4. The lowest BCUT2D eigenvalue weighted by Gasteiger charge is -2.18. The quantitative estimate of drug-likeness (QED) is 0.485. The smallest absolute Gasteiger partial charge is 0.278 e. The number of fused-ring (bicyclic) bond motifs is 2. The van der Waals surface area contributed by atoms with E-state index in [1.54, 1.807) is 17.1 Å². The molecule has 0 atom stereocenters. The second-order valence-corrected chi connectivity index (χ2v) is 10.1. The van der Waals surface area contributed by atoms with Crippen LogP contribution in [0.4, 0.5) is 11.6 Å². The van der Waals surface area contributed by atoms with Crippen LogP contribution in [0.2, 0.25) is 0 Å². The van der Waals surface area contributed by atoms with E-state index in [0.29, 0.717) is 22.8 Å². The third-order valence-corrected chi connectivity index (χ3v) is 6.39. The van der Waals surface area contributed by atoms with Gasteiger partial charge in [-0.15, -0.1) is 0 Å². The van der Waals surface area contributed by atoms with E-state index in [9.17, 15) is 4.79 Å². The molecule has 34 heavy (non-hydrogen) atoms. The minimum absolute atomic E-state index is 0.0822. The predicted molar refractivity (Wildman–Crippen MR) is 131 cm³/mol. The molecule has 9 nitrogen and oxygen atoms in total. The molecular weight excluding hydrogens is 428 g/mol. The van der Waals surface area contributed by atoms with Crippen molar-refractivity contribution in [2.75, 3.05) is 11.9 Å². The summed E-state index contributed by atoms with van der Waals surface area (Å²) in [4.78, 5) is 31.8. The molecule has 1 saturated carbocycles. The van der Waals surface area contributed by atoms with Gasteiger partial charge in [0, 0.05) is 36.1 Å². The van der Waals surface area contributed by atoms with Crippen molar-refractivity contribution >= 4 is 22.7 Å². The van der Waals surface area contributed by atoms with E-state index in [-0.39, 0.29) is 17.0 Å². The lowest BCUT2D eigenvalue weighted by molar-refractivity contribution is 0.524. The molecule has 6 rings (SSSR count). The Bertz CT molecular complexity index is 1460. The van der Waals surface area contributed by atoms with Gasteiger partial charge in [0.15, 0.2) is 11.5 Å². The fraction of sp³-hybridized carbons (Fsp3) is 0.400. The molecular formula is C25H28N8O. The van der Waals surface area contributed by atoms with Crippen molar-refractivity contribution < 1.29 is 0 Å². The minimum Gasteiger partial charge on any atom is -0.324 e. The highest BCUT2D eigenvalue weighted by Crippen LogP contribution is 2.35. The fourth-order valence-electron chi connectivity index (χ4n) is 4.44. The molecule has 4 heterocycles. The largest absolute Gasteiger partial charge is 0.324 e. The van der Waals surface area contributed by atoms with Gasteiger partial charge in [0.1, 0.15) is 11.2 Å². The molecule has 174 valence electrons. The van der Waals surface area contributed by atoms with Gasteiger partial charge in [-0.2, -0.15) is 4.98 Å². The van der Waals surface area contributed by atoms with Crippen molar-refractivity contribution in [2.24, 2.45) is 0 Å². The third kappa shape index (κ3) is 3.66. The summed E-state index contributed by atoms with van der Waals surface area (Å²) in [6.45, 7) is 8.11. The van der Waals surface area contributed by atoms with E-state index in [1.807, 2.05) is 16.8 Å². The van der Waals surface area contributed by atoms with Gasteiger partial charge in [-0.05, 0) is 49.1 Å². The van der Waals surface area contributed by atoms with Gasteiger partial charge in [0.05, 0.1) is 6.04 Å². The standard InChI is InChI=1S/C25H28N8O/c1-25(2,3)23-27-11-9-20(30-23)33-21-19(22(34)32(33)18-6-7-18)14-28-24(31-21)29-17-5-4-16-13-26-10-8-15(16)12-17/h4-5,9,11-12,14,18,26H,6-8,10,13H2,1-3H3,(H,28,29,31). The van der Waals surface area contributed by atoms with E-state index >= 15 is 0 Å². The van der Waals surface area contributed by atoms with E-state index in [0.717, 1.165) is 43.9 Å². The van der Waals surface area contributed by atoms with Gasteiger partial charge in [-0.25, -0.2) is 24.3 Å². The summed E-state index contributed by atoms with van der Waals surface area (Å²) in [5.74, 6) is 1.82. The normalized spacial score (nSPS) is 16.0. The molecule has 1 fully saturated rings. The summed E-state index contributed by atoms with van der Waals surface area (Å²) in [5, 5.41) is 7.22. The second kappa shape index (κ2) is 7.73. The molecule has 1 aliphatic carbocycles. The Balaban J connectivity index is 1.46. The Morgan fingerprint density at radius 3 is 2.74 bits per heavy atom. The first kappa shape index (κ1) is 21.0. The number of benzene rings is 1. The molecule has 2 aliphatic rings. The SMILES string of the molecule is CC(C)(C)c1nccc(-n2c3nc(Nc4ccc5c(c4)CCNC5)ncc3c(=O)n2C2CC2)n1. The molecule has 4 aromatic rings. The van der Waals surface area contributed by atoms with Crippen molar-refractivity contribution in [3.63, 3.8) is 0 Å². The van der Waals surface area contributed by atoms with Gasteiger partial charge in [0.2, 0.25) is 5.95 Å².